The molecule has 15 heavy (non-hydrogen) atoms. The van der Waals surface area contributed by atoms with Gasteiger partial charge in [0, 0.05) is 18.3 Å². The van der Waals surface area contributed by atoms with Crippen LogP contribution in [0.3, 0.4) is 0 Å². The minimum absolute atomic E-state index is 0.461. The Morgan fingerprint density at radius 1 is 1.40 bits per heavy atom. The number of aldehydes is 1. The van der Waals surface area contributed by atoms with Crippen molar-refractivity contribution in [1.29, 1.82) is 0 Å². The number of benzene rings is 1. The minimum Gasteiger partial charge on any atom is -0.374 e. The fourth-order valence-corrected chi connectivity index (χ4v) is 1.41. The lowest BCUT2D eigenvalue weighted by Gasteiger charge is -2.25. The topological polar surface area (TPSA) is 40.5 Å². The number of carbonyl (C=O) groups excluding carboxylic acids is 1. The molecule has 0 heterocycles. The Hall–Kier alpha value is -1.35. The minimum atomic E-state index is -0.461. The summed E-state index contributed by atoms with van der Waals surface area (Å²) >= 11 is 0. The Bertz CT molecular complexity index is 308. The van der Waals surface area contributed by atoms with E-state index in [1.165, 1.54) is 0 Å². The van der Waals surface area contributed by atoms with Crippen molar-refractivity contribution in [2.75, 3.05) is 11.9 Å². The molecule has 3 nitrogen and oxygen atoms in total. The first-order chi connectivity index (χ1) is 7.19. The van der Waals surface area contributed by atoms with Crippen LogP contribution in [-0.2, 0) is 0 Å². The third-order valence-electron chi connectivity index (χ3n) is 2.43. The highest BCUT2D eigenvalue weighted by molar-refractivity contribution is 5.75. The third kappa shape index (κ3) is 3.06. The summed E-state index contributed by atoms with van der Waals surface area (Å²) in [6, 6.07) is 7.17. The van der Waals surface area contributed by atoms with Crippen molar-refractivity contribution in [3.63, 3.8) is 0 Å². The molecule has 1 N–H and O–H groups in total. The van der Waals surface area contributed by atoms with Crippen molar-refractivity contribution >= 4 is 12.0 Å². The van der Waals surface area contributed by atoms with E-state index >= 15 is 0 Å². The Kier molecular flexibility index (Phi) is 4.31. The van der Waals surface area contributed by atoms with E-state index in [2.05, 4.69) is 0 Å². The maximum absolute atomic E-state index is 10.5. The standard InChI is InChI=1S/C12H17NO2/c1-3-4-12(15)13(2)11-7-5-10(9-14)6-8-11/h5-9,12,15H,3-4H2,1-2H3. The highest BCUT2D eigenvalue weighted by atomic mass is 16.3. The van der Waals surface area contributed by atoms with Crippen molar-refractivity contribution in [3.8, 4) is 0 Å². The van der Waals surface area contributed by atoms with Gasteiger partial charge in [0.05, 0.1) is 0 Å². The number of nitrogens with zero attached hydrogens (tertiary/aromatic N) is 1. The number of rotatable bonds is 5. The summed E-state index contributed by atoms with van der Waals surface area (Å²) in [6.07, 6.45) is 2.04. The van der Waals surface area contributed by atoms with Gasteiger partial charge in [0.1, 0.15) is 12.5 Å². The van der Waals surface area contributed by atoms with E-state index in [-0.39, 0.29) is 0 Å². The zero-order chi connectivity index (χ0) is 11.3. The van der Waals surface area contributed by atoms with Crippen LogP contribution in [0.15, 0.2) is 24.3 Å². The number of anilines is 1. The van der Waals surface area contributed by atoms with E-state index in [9.17, 15) is 9.90 Å². The van der Waals surface area contributed by atoms with Gasteiger partial charge in [-0.25, -0.2) is 0 Å². The molecule has 0 amide bonds. The molecule has 0 aliphatic heterocycles. The molecule has 0 bridgehead atoms. The summed E-state index contributed by atoms with van der Waals surface area (Å²) in [7, 11) is 1.84. The van der Waals surface area contributed by atoms with Crippen LogP contribution in [0.5, 0.6) is 0 Å². The van der Waals surface area contributed by atoms with E-state index < -0.39 is 6.23 Å². The first-order valence-corrected chi connectivity index (χ1v) is 5.15. The van der Waals surface area contributed by atoms with Gasteiger partial charge in [0.15, 0.2) is 0 Å². The molecular weight excluding hydrogens is 190 g/mol. The molecule has 0 fully saturated rings. The van der Waals surface area contributed by atoms with Gasteiger partial charge in [-0.2, -0.15) is 0 Å². The first-order valence-electron chi connectivity index (χ1n) is 5.15. The van der Waals surface area contributed by atoms with Gasteiger partial charge in [0.2, 0.25) is 0 Å². The molecular formula is C12H17NO2. The lowest BCUT2D eigenvalue weighted by Crippen LogP contribution is -2.30. The Morgan fingerprint density at radius 2 is 2.00 bits per heavy atom. The number of aliphatic hydroxyl groups is 1. The number of hydrogen-bond acceptors (Lipinski definition) is 3. The van der Waals surface area contributed by atoms with E-state index in [0.29, 0.717) is 5.56 Å². The fraction of sp³-hybridized carbons (Fsp3) is 0.417. The van der Waals surface area contributed by atoms with Crippen molar-refractivity contribution in [1.82, 2.24) is 0 Å². The van der Waals surface area contributed by atoms with Crippen LogP contribution in [0.4, 0.5) is 5.69 Å². The van der Waals surface area contributed by atoms with Crippen molar-refractivity contribution < 1.29 is 9.90 Å². The van der Waals surface area contributed by atoms with Crippen molar-refractivity contribution in [2.24, 2.45) is 0 Å². The van der Waals surface area contributed by atoms with Crippen LogP contribution in [0.2, 0.25) is 0 Å². The monoisotopic (exact) mass is 207 g/mol. The van der Waals surface area contributed by atoms with Gasteiger partial charge in [-0.3, -0.25) is 4.79 Å². The molecule has 1 aromatic carbocycles. The van der Waals surface area contributed by atoms with Crippen LogP contribution < -0.4 is 4.90 Å². The second kappa shape index (κ2) is 5.51. The van der Waals surface area contributed by atoms with Crippen LogP contribution in [0, 0.1) is 0 Å². The predicted octanol–water partition coefficient (Wildman–Crippen LogP) is 2.05. The van der Waals surface area contributed by atoms with E-state index in [1.54, 1.807) is 17.0 Å². The lowest BCUT2D eigenvalue weighted by molar-refractivity contribution is 0.112. The molecule has 0 radical (unpaired) electrons. The second-order valence-electron chi connectivity index (χ2n) is 3.59. The summed E-state index contributed by atoms with van der Waals surface area (Å²) in [5.41, 5.74) is 1.57. The Balaban J connectivity index is 2.73. The van der Waals surface area contributed by atoms with Crippen LogP contribution >= 0.6 is 0 Å². The molecule has 1 atom stereocenters. The molecule has 1 unspecified atom stereocenters. The van der Waals surface area contributed by atoms with Crippen LogP contribution in [-0.4, -0.2) is 24.7 Å². The third-order valence-corrected chi connectivity index (χ3v) is 2.43. The maximum atomic E-state index is 10.5. The molecule has 0 aromatic heterocycles. The molecule has 1 rings (SSSR count). The second-order valence-corrected chi connectivity index (χ2v) is 3.59. The molecule has 0 spiro atoms. The Morgan fingerprint density at radius 3 is 2.47 bits per heavy atom. The fourth-order valence-electron chi connectivity index (χ4n) is 1.41. The SMILES string of the molecule is CCCC(O)N(C)c1ccc(C=O)cc1. The summed E-state index contributed by atoms with van der Waals surface area (Å²) in [4.78, 5) is 12.3. The highest BCUT2D eigenvalue weighted by Crippen LogP contribution is 2.16. The van der Waals surface area contributed by atoms with E-state index in [0.717, 1.165) is 24.8 Å². The van der Waals surface area contributed by atoms with Crippen LogP contribution in [0.25, 0.3) is 0 Å². The maximum Gasteiger partial charge on any atom is 0.150 e. The number of aliphatic hydroxyl groups excluding tert-OH is 1. The Labute approximate surface area is 90.3 Å². The molecule has 82 valence electrons. The van der Waals surface area contributed by atoms with Gasteiger partial charge in [-0.05, 0) is 30.7 Å². The van der Waals surface area contributed by atoms with Crippen LogP contribution in [0.1, 0.15) is 30.1 Å². The number of hydrogen-bond donors (Lipinski definition) is 1. The zero-order valence-electron chi connectivity index (χ0n) is 9.18. The smallest absolute Gasteiger partial charge is 0.150 e. The van der Waals surface area contributed by atoms with E-state index in [4.69, 9.17) is 0 Å². The van der Waals surface area contributed by atoms with Gasteiger partial charge in [-0.1, -0.05) is 13.3 Å². The molecule has 0 aliphatic rings. The summed E-state index contributed by atoms with van der Waals surface area (Å²) < 4.78 is 0. The average molecular weight is 207 g/mol. The van der Waals surface area contributed by atoms with Crippen molar-refractivity contribution in [3.05, 3.63) is 29.8 Å². The number of carbonyl (C=O) groups is 1. The molecule has 3 heteroatoms. The van der Waals surface area contributed by atoms with Gasteiger partial charge < -0.3 is 10.0 Å². The van der Waals surface area contributed by atoms with Crippen molar-refractivity contribution in [2.45, 2.75) is 26.0 Å². The molecule has 1 aromatic rings. The van der Waals surface area contributed by atoms with Gasteiger partial charge in [-0.15, -0.1) is 0 Å². The molecule has 0 aliphatic carbocycles. The molecule has 0 saturated heterocycles. The highest BCUT2D eigenvalue weighted by Gasteiger charge is 2.09. The lowest BCUT2D eigenvalue weighted by atomic mass is 10.2. The summed E-state index contributed by atoms with van der Waals surface area (Å²) in [5, 5.41) is 9.75. The van der Waals surface area contributed by atoms with Gasteiger partial charge in [0.25, 0.3) is 0 Å². The quantitative estimate of drug-likeness (QED) is 0.593. The van der Waals surface area contributed by atoms with Gasteiger partial charge >= 0.3 is 0 Å². The predicted molar refractivity (Wildman–Crippen MR) is 61.1 cm³/mol. The normalized spacial score (nSPS) is 12.2. The largest absolute Gasteiger partial charge is 0.374 e. The summed E-state index contributed by atoms with van der Waals surface area (Å²) in [5.74, 6) is 0. The average Bonchev–Trinajstić information content (AvgIpc) is 2.28. The van der Waals surface area contributed by atoms with E-state index in [1.807, 2.05) is 26.1 Å². The summed E-state index contributed by atoms with van der Waals surface area (Å²) in [6.45, 7) is 2.03. The zero-order valence-corrected chi connectivity index (χ0v) is 9.18. The first kappa shape index (κ1) is 11.7. The molecule has 0 saturated carbocycles.